The molecule has 0 bridgehead atoms. The molecule has 0 unspecified atom stereocenters. The number of carbonyl (C=O) groups is 1. The van der Waals surface area contributed by atoms with Crippen LogP contribution in [0.3, 0.4) is 0 Å². The molecule has 110 valence electrons. The number of rotatable bonds is 3. The van der Waals surface area contributed by atoms with E-state index >= 15 is 0 Å². The van der Waals surface area contributed by atoms with Gasteiger partial charge in [0.15, 0.2) is 5.69 Å². The fourth-order valence-corrected chi connectivity index (χ4v) is 3.62. The van der Waals surface area contributed by atoms with Gasteiger partial charge in [-0.05, 0) is 29.0 Å². The second-order valence-electron chi connectivity index (χ2n) is 5.34. The number of carbonyl (C=O) groups excluding carboxylic acids is 1. The van der Waals surface area contributed by atoms with Crippen LogP contribution < -0.4 is 5.32 Å². The summed E-state index contributed by atoms with van der Waals surface area (Å²) in [6.45, 7) is 2.13. The van der Waals surface area contributed by atoms with Crippen LogP contribution in [0, 0.1) is 0 Å². The third kappa shape index (κ3) is 1.97. The Balaban J connectivity index is 1.81. The van der Waals surface area contributed by atoms with E-state index in [4.69, 9.17) is 0 Å². The summed E-state index contributed by atoms with van der Waals surface area (Å²) in [4.78, 5) is 13.3. The minimum absolute atomic E-state index is 0.112. The summed E-state index contributed by atoms with van der Waals surface area (Å²) >= 11 is 1.64. The monoisotopic (exact) mass is 309 g/mol. The lowest BCUT2D eigenvalue weighted by Crippen LogP contribution is -2.21. The fraction of sp³-hybridized carbons (Fsp3) is 0.176. The summed E-state index contributed by atoms with van der Waals surface area (Å²) in [7, 11) is 0. The van der Waals surface area contributed by atoms with Crippen molar-refractivity contribution >= 4 is 17.2 Å². The first-order valence-corrected chi connectivity index (χ1v) is 8.17. The number of hydrogen-bond acceptors (Lipinski definition) is 3. The van der Waals surface area contributed by atoms with Crippen LogP contribution >= 0.6 is 11.3 Å². The summed E-state index contributed by atoms with van der Waals surface area (Å²) < 4.78 is 0. The Morgan fingerprint density at radius 3 is 2.73 bits per heavy atom. The van der Waals surface area contributed by atoms with Crippen LogP contribution in [-0.4, -0.2) is 16.1 Å². The molecule has 1 aliphatic rings. The highest BCUT2D eigenvalue weighted by Gasteiger charge is 2.35. The molecule has 2 N–H and O–H groups in total. The molecule has 4 nitrogen and oxygen atoms in total. The van der Waals surface area contributed by atoms with Crippen molar-refractivity contribution in [1.29, 1.82) is 0 Å². The third-order valence-corrected chi connectivity index (χ3v) is 4.96. The van der Waals surface area contributed by atoms with E-state index in [1.807, 2.05) is 17.5 Å². The summed E-state index contributed by atoms with van der Waals surface area (Å²) in [5.74, 6) is -0.112. The van der Waals surface area contributed by atoms with Crippen molar-refractivity contribution in [3.8, 4) is 10.6 Å². The van der Waals surface area contributed by atoms with Crippen molar-refractivity contribution in [3.63, 3.8) is 0 Å². The van der Waals surface area contributed by atoms with Gasteiger partial charge in [-0.3, -0.25) is 9.89 Å². The Morgan fingerprint density at radius 2 is 2.05 bits per heavy atom. The van der Waals surface area contributed by atoms with Crippen LogP contribution in [0.2, 0.25) is 0 Å². The molecule has 0 radical (unpaired) electrons. The second-order valence-corrected chi connectivity index (χ2v) is 6.29. The average molecular weight is 309 g/mol. The van der Waals surface area contributed by atoms with E-state index in [1.54, 1.807) is 11.3 Å². The van der Waals surface area contributed by atoms with Gasteiger partial charge in [0, 0.05) is 5.56 Å². The molecule has 1 atom stereocenters. The van der Waals surface area contributed by atoms with Gasteiger partial charge < -0.3 is 5.32 Å². The summed E-state index contributed by atoms with van der Waals surface area (Å²) in [6, 6.07) is 12.3. The Morgan fingerprint density at radius 1 is 1.23 bits per heavy atom. The maximum atomic E-state index is 12.2. The van der Waals surface area contributed by atoms with Crippen LogP contribution in [0.4, 0.5) is 0 Å². The number of hydrogen-bond donors (Lipinski definition) is 2. The minimum Gasteiger partial charge on any atom is -0.340 e. The molecule has 1 amide bonds. The number of fused-ring (bicyclic) bond motifs is 1. The van der Waals surface area contributed by atoms with Crippen molar-refractivity contribution in [2.24, 2.45) is 0 Å². The molecule has 0 fully saturated rings. The number of H-pyrrole nitrogens is 1. The number of nitrogens with zero attached hydrogens (tertiary/aromatic N) is 1. The number of aromatic amines is 1. The summed E-state index contributed by atoms with van der Waals surface area (Å²) in [5.41, 5.74) is 4.78. The van der Waals surface area contributed by atoms with Gasteiger partial charge in [0.1, 0.15) is 0 Å². The van der Waals surface area contributed by atoms with E-state index in [0.717, 1.165) is 28.1 Å². The van der Waals surface area contributed by atoms with Crippen molar-refractivity contribution in [2.75, 3.05) is 0 Å². The molecule has 3 aromatic rings. The zero-order valence-electron chi connectivity index (χ0n) is 12.1. The highest BCUT2D eigenvalue weighted by atomic mass is 32.1. The Hall–Kier alpha value is -2.40. The molecule has 4 rings (SSSR count). The first-order valence-electron chi connectivity index (χ1n) is 7.29. The van der Waals surface area contributed by atoms with Crippen molar-refractivity contribution in [2.45, 2.75) is 19.4 Å². The van der Waals surface area contributed by atoms with Crippen LogP contribution in [0.15, 0.2) is 41.8 Å². The minimum atomic E-state index is -0.135. The number of benzene rings is 1. The Kier molecular flexibility index (Phi) is 3.08. The van der Waals surface area contributed by atoms with E-state index in [-0.39, 0.29) is 11.9 Å². The third-order valence-electron chi connectivity index (χ3n) is 4.07. The van der Waals surface area contributed by atoms with Gasteiger partial charge >= 0.3 is 0 Å². The smallest absolute Gasteiger partial charge is 0.272 e. The zero-order valence-corrected chi connectivity index (χ0v) is 12.9. The molecule has 0 aliphatic carbocycles. The SMILES string of the molecule is CCc1ccc([C@H]2NC(=O)c3n[nH]c(-c4cccs4)c32)cc1. The van der Waals surface area contributed by atoms with E-state index in [0.29, 0.717) is 5.69 Å². The van der Waals surface area contributed by atoms with E-state index < -0.39 is 0 Å². The number of nitrogens with one attached hydrogen (secondary N) is 2. The highest BCUT2D eigenvalue weighted by Crippen LogP contribution is 2.38. The lowest BCUT2D eigenvalue weighted by Gasteiger charge is -2.13. The maximum Gasteiger partial charge on any atom is 0.272 e. The summed E-state index contributed by atoms with van der Waals surface area (Å²) in [5, 5.41) is 12.3. The van der Waals surface area contributed by atoms with Crippen LogP contribution in [0.5, 0.6) is 0 Å². The van der Waals surface area contributed by atoms with E-state index in [1.165, 1.54) is 5.56 Å². The highest BCUT2D eigenvalue weighted by molar-refractivity contribution is 7.13. The lowest BCUT2D eigenvalue weighted by atomic mass is 9.98. The summed E-state index contributed by atoms with van der Waals surface area (Å²) in [6.07, 6.45) is 1.01. The number of aromatic nitrogens is 2. The molecule has 0 spiro atoms. The predicted molar refractivity (Wildman–Crippen MR) is 87.0 cm³/mol. The zero-order chi connectivity index (χ0) is 15.1. The van der Waals surface area contributed by atoms with Gasteiger partial charge in [0.05, 0.1) is 16.6 Å². The lowest BCUT2D eigenvalue weighted by molar-refractivity contribution is 0.0955. The van der Waals surface area contributed by atoms with Gasteiger partial charge in [-0.25, -0.2) is 0 Å². The number of aryl methyl sites for hydroxylation is 1. The molecule has 2 aromatic heterocycles. The Bertz CT molecular complexity index is 818. The van der Waals surface area contributed by atoms with Gasteiger partial charge in [0.25, 0.3) is 5.91 Å². The van der Waals surface area contributed by atoms with Gasteiger partial charge in [-0.1, -0.05) is 37.3 Å². The van der Waals surface area contributed by atoms with Crippen LogP contribution in [0.1, 0.15) is 40.1 Å². The number of thiophene rings is 1. The quantitative estimate of drug-likeness (QED) is 0.777. The molecule has 0 saturated heterocycles. The maximum absolute atomic E-state index is 12.2. The average Bonchev–Trinajstić information content (AvgIpc) is 3.25. The van der Waals surface area contributed by atoms with Crippen LogP contribution in [-0.2, 0) is 6.42 Å². The molecule has 22 heavy (non-hydrogen) atoms. The number of amides is 1. The topological polar surface area (TPSA) is 57.8 Å². The van der Waals surface area contributed by atoms with Crippen molar-refractivity contribution in [3.05, 3.63) is 64.2 Å². The standard InChI is InChI=1S/C17H15N3OS/c1-2-10-5-7-11(8-6-10)14-13-15(12-4-3-9-22-12)19-20-16(13)17(21)18-14/h3-9,14H,2H2,1H3,(H,18,21)(H,19,20)/t14-/m1/s1. The molecule has 1 aromatic carbocycles. The van der Waals surface area contributed by atoms with Gasteiger partial charge in [-0.15, -0.1) is 11.3 Å². The second kappa shape index (κ2) is 5.10. The van der Waals surface area contributed by atoms with Gasteiger partial charge in [0.2, 0.25) is 0 Å². The predicted octanol–water partition coefficient (Wildman–Crippen LogP) is 3.53. The van der Waals surface area contributed by atoms with E-state index in [9.17, 15) is 4.79 Å². The van der Waals surface area contributed by atoms with Gasteiger partial charge in [-0.2, -0.15) is 5.10 Å². The Labute approximate surface area is 132 Å². The molecular weight excluding hydrogens is 294 g/mol. The van der Waals surface area contributed by atoms with Crippen molar-refractivity contribution < 1.29 is 4.79 Å². The van der Waals surface area contributed by atoms with Crippen molar-refractivity contribution in [1.82, 2.24) is 15.5 Å². The van der Waals surface area contributed by atoms with E-state index in [2.05, 4.69) is 46.7 Å². The molecule has 5 heteroatoms. The largest absolute Gasteiger partial charge is 0.340 e. The molecule has 0 saturated carbocycles. The molecule has 3 heterocycles. The normalized spacial score (nSPS) is 16.6. The first-order chi connectivity index (χ1) is 10.8. The molecule has 1 aliphatic heterocycles. The van der Waals surface area contributed by atoms with Crippen LogP contribution in [0.25, 0.3) is 10.6 Å². The first kappa shape index (κ1) is 13.3. The fourth-order valence-electron chi connectivity index (χ4n) is 2.88. The molecular formula is C17H15N3OS.